The number of carbonyl (C=O) groups is 2. The van der Waals surface area contributed by atoms with Gasteiger partial charge in [-0.3, -0.25) is 9.59 Å². The Bertz CT molecular complexity index is 459. The van der Waals surface area contributed by atoms with Gasteiger partial charge in [-0.1, -0.05) is 30.3 Å². The van der Waals surface area contributed by atoms with Gasteiger partial charge in [-0.2, -0.15) is 0 Å². The maximum Gasteiger partial charge on any atom is 0.224 e. The fourth-order valence-electron chi connectivity index (χ4n) is 2.23. The number of ether oxygens (including phenoxy) is 1. The Balaban J connectivity index is 2.03. The molecule has 0 aromatic heterocycles. The third-order valence-electron chi connectivity index (χ3n) is 3.58. The second kappa shape index (κ2) is 11.7. The summed E-state index contributed by atoms with van der Waals surface area (Å²) in [7, 11) is 0. The van der Waals surface area contributed by atoms with Crippen LogP contribution < -0.4 is 5.32 Å². The maximum absolute atomic E-state index is 11.8. The average Bonchev–Trinajstić information content (AvgIpc) is 2.56. The Morgan fingerprint density at radius 2 is 1.78 bits per heavy atom. The molecular formula is C18H28N2O3. The first-order valence-corrected chi connectivity index (χ1v) is 8.33. The van der Waals surface area contributed by atoms with Crippen molar-refractivity contribution in [2.24, 2.45) is 0 Å². The van der Waals surface area contributed by atoms with Gasteiger partial charge in [-0.15, -0.1) is 0 Å². The van der Waals surface area contributed by atoms with Crippen molar-refractivity contribution in [3.8, 4) is 0 Å². The SMILES string of the molecule is CCN(CC)C(=O)CCNC(=O)CCCOCc1ccccc1. The third kappa shape index (κ3) is 8.35. The monoisotopic (exact) mass is 320 g/mol. The maximum atomic E-state index is 11.8. The molecule has 23 heavy (non-hydrogen) atoms. The highest BCUT2D eigenvalue weighted by Crippen LogP contribution is 2.01. The lowest BCUT2D eigenvalue weighted by atomic mass is 10.2. The van der Waals surface area contributed by atoms with Crippen LogP contribution in [0.1, 0.15) is 38.7 Å². The van der Waals surface area contributed by atoms with E-state index >= 15 is 0 Å². The summed E-state index contributed by atoms with van der Waals surface area (Å²) in [5, 5.41) is 2.78. The predicted molar refractivity (Wildman–Crippen MR) is 90.9 cm³/mol. The molecule has 2 amide bonds. The summed E-state index contributed by atoms with van der Waals surface area (Å²) in [6.07, 6.45) is 1.47. The van der Waals surface area contributed by atoms with E-state index < -0.39 is 0 Å². The van der Waals surface area contributed by atoms with Gasteiger partial charge >= 0.3 is 0 Å². The number of hydrogen-bond donors (Lipinski definition) is 1. The van der Waals surface area contributed by atoms with E-state index in [1.807, 2.05) is 44.2 Å². The third-order valence-corrected chi connectivity index (χ3v) is 3.58. The Kier molecular flexibility index (Phi) is 9.71. The van der Waals surface area contributed by atoms with Gasteiger partial charge in [0, 0.05) is 39.1 Å². The number of amides is 2. The van der Waals surface area contributed by atoms with Crippen LogP contribution in [0.2, 0.25) is 0 Å². The minimum absolute atomic E-state index is 0.0272. The van der Waals surface area contributed by atoms with Gasteiger partial charge in [-0.25, -0.2) is 0 Å². The number of hydrogen-bond acceptors (Lipinski definition) is 3. The number of benzene rings is 1. The van der Waals surface area contributed by atoms with Gasteiger partial charge in [0.15, 0.2) is 0 Å². The predicted octanol–water partition coefficient (Wildman–Crippen LogP) is 2.36. The molecule has 0 bridgehead atoms. The molecule has 1 N–H and O–H groups in total. The highest BCUT2D eigenvalue weighted by Gasteiger charge is 2.09. The molecule has 5 nitrogen and oxygen atoms in total. The fraction of sp³-hybridized carbons (Fsp3) is 0.556. The van der Waals surface area contributed by atoms with Crippen LogP contribution in [0.4, 0.5) is 0 Å². The molecule has 0 atom stereocenters. The lowest BCUT2D eigenvalue weighted by Crippen LogP contribution is -2.34. The number of nitrogens with one attached hydrogen (secondary N) is 1. The van der Waals surface area contributed by atoms with E-state index in [0.717, 1.165) is 5.56 Å². The van der Waals surface area contributed by atoms with Crippen molar-refractivity contribution in [2.45, 2.75) is 39.7 Å². The van der Waals surface area contributed by atoms with Crippen molar-refractivity contribution in [1.82, 2.24) is 10.2 Å². The van der Waals surface area contributed by atoms with E-state index in [1.54, 1.807) is 4.90 Å². The normalized spacial score (nSPS) is 10.3. The molecule has 0 unspecified atom stereocenters. The molecule has 0 aliphatic carbocycles. The summed E-state index contributed by atoms with van der Waals surface area (Å²) in [4.78, 5) is 25.2. The summed E-state index contributed by atoms with van der Waals surface area (Å²) in [5.41, 5.74) is 1.13. The van der Waals surface area contributed by atoms with Gasteiger partial charge in [0.25, 0.3) is 0 Å². The van der Waals surface area contributed by atoms with Crippen molar-refractivity contribution >= 4 is 11.8 Å². The zero-order valence-corrected chi connectivity index (χ0v) is 14.2. The standard InChI is InChI=1S/C18H28N2O3/c1-3-20(4-2)18(22)12-13-19-17(21)11-8-14-23-15-16-9-6-5-7-10-16/h5-7,9-10H,3-4,8,11-15H2,1-2H3,(H,19,21). The second-order valence-corrected chi connectivity index (χ2v) is 5.31. The molecule has 128 valence electrons. The highest BCUT2D eigenvalue weighted by atomic mass is 16.5. The molecule has 1 rings (SSSR count). The van der Waals surface area contributed by atoms with E-state index in [4.69, 9.17) is 4.74 Å². The van der Waals surface area contributed by atoms with E-state index in [-0.39, 0.29) is 11.8 Å². The molecule has 0 saturated heterocycles. The molecule has 0 spiro atoms. The van der Waals surface area contributed by atoms with Crippen LogP contribution in [0.25, 0.3) is 0 Å². The van der Waals surface area contributed by atoms with Gasteiger partial charge in [0.05, 0.1) is 6.61 Å². The Morgan fingerprint density at radius 3 is 2.43 bits per heavy atom. The van der Waals surface area contributed by atoms with E-state index in [0.29, 0.717) is 52.1 Å². The minimum atomic E-state index is -0.0272. The number of carbonyl (C=O) groups excluding carboxylic acids is 2. The lowest BCUT2D eigenvalue weighted by molar-refractivity contribution is -0.130. The Labute approximate surface area is 139 Å². The van der Waals surface area contributed by atoms with Gasteiger partial charge in [0.2, 0.25) is 11.8 Å². The molecular weight excluding hydrogens is 292 g/mol. The molecule has 0 aliphatic heterocycles. The van der Waals surface area contributed by atoms with Crippen molar-refractivity contribution < 1.29 is 14.3 Å². The van der Waals surface area contributed by atoms with Crippen LogP contribution in [0, 0.1) is 0 Å². The first-order valence-electron chi connectivity index (χ1n) is 8.33. The van der Waals surface area contributed by atoms with E-state index in [9.17, 15) is 9.59 Å². The summed E-state index contributed by atoms with van der Waals surface area (Å²) in [6.45, 7) is 6.86. The van der Waals surface area contributed by atoms with E-state index in [2.05, 4.69) is 5.32 Å². The van der Waals surface area contributed by atoms with Gasteiger partial charge < -0.3 is 15.0 Å². The fourth-order valence-corrected chi connectivity index (χ4v) is 2.23. The van der Waals surface area contributed by atoms with Gasteiger partial charge in [0.1, 0.15) is 0 Å². The van der Waals surface area contributed by atoms with Crippen LogP contribution in [0.3, 0.4) is 0 Å². The molecule has 0 aliphatic rings. The average molecular weight is 320 g/mol. The van der Waals surface area contributed by atoms with Crippen LogP contribution >= 0.6 is 0 Å². The van der Waals surface area contributed by atoms with Crippen LogP contribution in [-0.4, -0.2) is 43.0 Å². The molecule has 1 aromatic carbocycles. The summed E-state index contributed by atoms with van der Waals surface area (Å²) in [6, 6.07) is 9.95. The number of nitrogens with zero attached hydrogens (tertiary/aromatic N) is 1. The van der Waals surface area contributed by atoms with Crippen LogP contribution in [-0.2, 0) is 20.9 Å². The zero-order valence-electron chi connectivity index (χ0n) is 14.2. The van der Waals surface area contributed by atoms with Gasteiger partial charge in [-0.05, 0) is 25.8 Å². The van der Waals surface area contributed by atoms with Crippen molar-refractivity contribution in [3.05, 3.63) is 35.9 Å². The molecule has 1 aromatic rings. The van der Waals surface area contributed by atoms with Crippen LogP contribution in [0.15, 0.2) is 30.3 Å². The highest BCUT2D eigenvalue weighted by molar-refractivity contribution is 5.79. The van der Waals surface area contributed by atoms with E-state index in [1.165, 1.54) is 0 Å². The summed E-state index contributed by atoms with van der Waals surface area (Å²) >= 11 is 0. The molecule has 0 radical (unpaired) electrons. The molecule has 0 heterocycles. The Morgan fingerprint density at radius 1 is 1.09 bits per heavy atom. The van der Waals surface area contributed by atoms with Crippen molar-refractivity contribution in [2.75, 3.05) is 26.2 Å². The summed E-state index contributed by atoms with van der Waals surface area (Å²) < 4.78 is 5.53. The number of rotatable bonds is 11. The zero-order chi connectivity index (χ0) is 16.9. The smallest absolute Gasteiger partial charge is 0.224 e. The first kappa shape index (κ1) is 19.2. The Hall–Kier alpha value is -1.88. The first-order chi connectivity index (χ1) is 11.2. The van der Waals surface area contributed by atoms with Crippen LogP contribution in [0.5, 0.6) is 0 Å². The topological polar surface area (TPSA) is 58.6 Å². The van der Waals surface area contributed by atoms with Crippen molar-refractivity contribution in [3.63, 3.8) is 0 Å². The molecule has 0 fully saturated rings. The largest absolute Gasteiger partial charge is 0.377 e. The molecule has 5 heteroatoms. The quantitative estimate of drug-likeness (QED) is 0.637. The molecule has 0 saturated carbocycles. The second-order valence-electron chi connectivity index (χ2n) is 5.31. The van der Waals surface area contributed by atoms with Crippen molar-refractivity contribution in [1.29, 1.82) is 0 Å². The summed E-state index contributed by atoms with van der Waals surface area (Å²) in [5.74, 6) is 0.0575. The minimum Gasteiger partial charge on any atom is -0.377 e. The lowest BCUT2D eigenvalue weighted by Gasteiger charge is -2.18.